The summed E-state index contributed by atoms with van der Waals surface area (Å²) in [4.78, 5) is 23.5. The van der Waals surface area contributed by atoms with E-state index in [0.29, 0.717) is 0 Å². The summed E-state index contributed by atoms with van der Waals surface area (Å²) < 4.78 is 4.48. The van der Waals surface area contributed by atoms with E-state index in [1.807, 2.05) is 12.1 Å². The quantitative estimate of drug-likeness (QED) is 0.596. The van der Waals surface area contributed by atoms with Crippen LogP contribution in [-0.2, 0) is 14.3 Å². The summed E-state index contributed by atoms with van der Waals surface area (Å²) in [7, 11) is 1.34. The lowest BCUT2D eigenvalue weighted by Gasteiger charge is -1.87. The number of ether oxygens (including phenoxy) is 1. The fraction of sp³-hybridized carbons (Fsp3) is 0.167. The van der Waals surface area contributed by atoms with Crippen molar-refractivity contribution in [2.75, 3.05) is 7.11 Å². The molecule has 3 nitrogen and oxygen atoms in total. The Bertz CT molecular complexity index is 441. The number of hydrogen-bond donors (Lipinski definition) is 0. The van der Waals surface area contributed by atoms with Gasteiger partial charge in [0.05, 0.1) is 7.11 Å². The highest BCUT2D eigenvalue weighted by Gasteiger charge is 1.96. The van der Waals surface area contributed by atoms with Gasteiger partial charge in [0, 0.05) is 15.8 Å². The summed E-state index contributed by atoms with van der Waals surface area (Å²) in [5, 5.41) is 0. The number of ketones is 1. The first-order valence-corrected chi connectivity index (χ1v) is 5.48. The molecule has 16 heavy (non-hydrogen) atoms. The van der Waals surface area contributed by atoms with Gasteiger partial charge in [-0.1, -0.05) is 0 Å². The third-order valence-corrected chi connectivity index (χ3v) is 2.73. The molecule has 0 N–H and O–H groups in total. The average Bonchev–Trinajstić information content (AvgIpc) is 2.71. The molecule has 0 radical (unpaired) electrons. The molecule has 0 aliphatic heterocycles. The maximum atomic E-state index is 10.8. The third kappa shape index (κ3) is 4.23. The van der Waals surface area contributed by atoms with Crippen LogP contribution >= 0.6 is 11.3 Å². The zero-order valence-electron chi connectivity index (χ0n) is 9.10. The lowest BCUT2D eigenvalue weighted by atomic mass is 10.3. The van der Waals surface area contributed by atoms with E-state index in [1.54, 1.807) is 12.2 Å². The molecular weight excluding hydrogens is 224 g/mol. The van der Waals surface area contributed by atoms with Crippen LogP contribution in [0, 0.1) is 0 Å². The van der Waals surface area contributed by atoms with Gasteiger partial charge in [0.25, 0.3) is 0 Å². The Morgan fingerprint density at radius 1 is 1.19 bits per heavy atom. The van der Waals surface area contributed by atoms with Crippen molar-refractivity contribution in [3.63, 3.8) is 0 Å². The summed E-state index contributed by atoms with van der Waals surface area (Å²) >= 11 is 1.49. The number of rotatable bonds is 4. The summed E-state index contributed by atoms with van der Waals surface area (Å²) in [6.07, 6.45) is 6.31. The predicted octanol–water partition coefficient (Wildman–Crippen LogP) is 2.54. The smallest absolute Gasteiger partial charge is 0.330 e. The van der Waals surface area contributed by atoms with Crippen molar-refractivity contribution in [3.05, 3.63) is 34.0 Å². The van der Waals surface area contributed by atoms with Gasteiger partial charge in [-0.3, -0.25) is 4.79 Å². The molecule has 0 aliphatic rings. The minimum absolute atomic E-state index is 0.0139. The molecule has 0 amide bonds. The minimum atomic E-state index is -0.380. The molecule has 0 spiro atoms. The molecule has 4 heteroatoms. The fourth-order valence-electron chi connectivity index (χ4n) is 0.965. The molecule has 0 unspecified atom stereocenters. The minimum Gasteiger partial charge on any atom is -0.466 e. The molecule has 0 fully saturated rings. The van der Waals surface area contributed by atoms with Crippen LogP contribution in [0.25, 0.3) is 12.2 Å². The van der Waals surface area contributed by atoms with Crippen LogP contribution in [0.5, 0.6) is 0 Å². The second kappa shape index (κ2) is 6.02. The highest BCUT2D eigenvalue weighted by atomic mass is 32.1. The molecule has 0 aromatic carbocycles. The normalized spacial score (nSPS) is 11.1. The van der Waals surface area contributed by atoms with Crippen LogP contribution < -0.4 is 0 Å². The number of allylic oxidation sites excluding steroid dienone is 1. The highest BCUT2D eigenvalue weighted by molar-refractivity contribution is 7.13. The zero-order valence-corrected chi connectivity index (χ0v) is 9.91. The molecular formula is C12H12O3S. The molecule has 0 aliphatic carbocycles. The van der Waals surface area contributed by atoms with Crippen molar-refractivity contribution in [2.24, 2.45) is 0 Å². The number of hydrogen-bond acceptors (Lipinski definition) is 4. The van der Waals surface area contributed by atoms with E-state index >= 15 is 0 Å². The third-order valence-electron chi connectivity index (χ3n) is 1.71. The van der Waals surface area contributed by atoms with Gasteiger partial charge in [0.15, 0.2) is 5.78 Å². The Morgan fingerprint density at radius 3 is 2.25 bits per heavy atom. The molecule has 1 rings (SSSR count). The molecule has 0 atom stereocenters. The van der Waals surface area contributed by atoms with Crippen LogP contribution in [0.1, 0.15) is 16.7 Å². The van der Waals surface area contributed by atoms with Crippen molar-refractivity contribution in [1.82, 2.24) is 0 Å². The van der Waals surface area contributed by atoms with E-state index < -0.39 is 0 Å². The van der Waals surface area contributed by atoms with Crippen LogP contribution in [-0.4, -0.2) is 18.9 Å². The number of esters is 1. The Kier molecular flexibility index (Phi) is 4.66. The highest BCUT2D eigenvalue weighted by Crippen LogP contribution is 2.19. The Balaban J connectivity index is 2.68. The van der Waals surface area contributed by atoms with Crippen molar-refractivity contribution >= 4 is 35.2 Å². The van der Waals surface area contributed by atoms with Crippen LogP contribution in [0.3, 0.4) is 0 Å². The van der Waals surface area contributed by atoms with E-state index in [0.717, 1.165) is 9.75 Å². The first-order chi connectivity index (χ1) is 7.61. The molecule has 1 aromatic heterocycles. The molecule has 84 valence electrons. The van der Waals surface area contributed by atoms with Gasteiger partial charge in [0.2, 0.25) is 0 Å². The van der Waals surface area contributed by atoms with Crippen LogP contribution in [0.2, 0.25) is 0 Å². The first-order valence-electron chi connectivity index (χ1n) is 4.66. The van der Waals surface area contributed by atoms with Crippen LogP contribution in [0.4, 0.5) is 0 Å². The second-order valence-electron chi connectivity index (χ2n) is 3.04. The maximum Gasteiger partial charge on any atom is 0.330 e. The zero-order chi connectivity index (χ0) is 12.0. The van der Waals surface area contributed by atoms with Gasteiger partial charge in [0.1, 0.15) is 0 Å². The van der Waals surface area contributed by atoms with Crippen molar-refractivity contribution in [2.45, 2.75) is 6.92 Å². The van der Waals surface area contributed by atoms with Crippen molar-refractivity contribution in [3.8, 4) is 0 Å². The first kappa shape index (κ1) is 12.4. The van der Waals surface area contributed by atoms with Gasteiger partial charge < -0.3 is 4.74 Å². The topological polar surface area (TPSA) is 43.4 Å². The Labute approximate surface area is 98.0 Å². The molecule has 0 bridgehead atoms. The van der Waals surface area contributed by atoms with Crippen molar-refractivity contribution < 1.29 is 14.3 Å². The van der Waals surface area contributed by atoms with E-state index in [-0.39, 0.29) is 11.8 Å². The summed E-state index contributed by atoms with van der Waals surface area (Å²) in [6, 6.07) is 3.77. The van der Waals surface area contributed by atoms with Gasteiger partial charge in [-0.15, -0.1) is 11.3 Å². The predicted molar refractivity (Wildman–Crippen MR) is 65.1 cm³/mol. The van der Waals surface area contributed by atoms with Crippen LogP contribution in [0.15, 0.2) is 24.3 Å². The Hall–Kier alpha value is -1.68. The fourth-order valence-corrected chi connectivity index (χ4v) is 1.78. The maximum absolute atomic E-state index is 10.8. The van der Waals surface area contributed by atoms with E-state index in [2.05, 4.69) is 4.74 Å². The molecule has 1 aromatic rings. The van der Waals surface area contributed by atoms with Crippen molar-refractivity contribution in [1.29, 1.82) is 0 Å². The lowest BCUT2D eigenvalue weighted by molar-refractivity contribution is -0.134. The van der Waals surface area contributed by atoms with Gasteiger partial charge in [-0.2, -0.15) is 0 Å². The van der Waals surface area contributed by atoms with Gasteiger partial charge in [-0.05, 0) is 37.3 Å². The number of carbonyl (C=O) groups is 2. The summed E-state index contributed by atoms with van der Waals surface area (Å²) in [6.45, 7) is 1.50. The van der Waals surface area contributed by atoms with E-state index in [9.17, 15) is 9.59 Å². The lowest BCUT2D eigenvalue weighted by Crippen LogP contribution is -1.92. The summed E-state index contributed by atoms with van der Waals surface area (Å²) in [5.41, 5.74) is 0. The average molecular weight is 236 g/mol. The number of methoxy groups -OCH3 is 1. The standard InChI is InChI=1S/C12H12O3S/c1-9(13)3-4-10-5-6-11(16-10)7-8-12(14)15-2/h3-8H,1-2H3/b4-3+,8-7+. The molecule has 0 saturated heterocycles. The largest absolute Gasteiger partial charge is 0.466 e. The Morgan fingerprint density at radius 2 is 1.75 bits per heavy atom. The molecule has 1 heterocycles. The van der Waals surface area contributed by atoms with E-state index in [4.69, 9.17) is 0 Å². The second-order valence-corrected chi connectivity index (χ2v) is 4.19. The van der Waals surface area contributed by atoms with Gasteiger partial charge >= 0.3 is 5.97 Å². The number of thiophene rings is 1. The van der Waals surface area contributed by atoms with E-state index in [1.165, 1.54) is 37.5 Å². The molecule has 0 saturated carbocycles. The summed E-state index contributed by atoms with van der Waals surface area (Å²) in [5.74, 6) is -0.366. The number of carbonyl (C=O) groups excluding carboxylic acids is 2. The van der Waals surface area contributed by atoms with Gasteiger partial charge in [-0.25, -0.2) is 4.79 Å². The SMILES string of the molecule is COC(=O)/C=C/c1ccc(/C=C/C(C)=O)s1. The monoisotopic (exact) mass is 236 g/mol.